The molecule has 1 aliphatic rings. The van der Waals surface area contributed by atoms with Gasteiger partial charge >= 0.3 is 0 Å². The number of Topliss-reactive ketones (excluding diaryl/α,β-unsaturated/α-hetero) is 1. The number of carbonyl (C=O) groups is 1. The molecule has 0 bridgehead atoms. The van der Waals surface area contributed by atoms with Gasteiger partial charge in [-0.3, -0.25) is 9.69 Å². The zero-order valence-corrected chi connectivity index (χ0v) is 13.6. The summed E-state index contributed by atoms with van der Waals surface area (Å²) >= 11 is 12.2. The second-order valence-corrected chi connectivity index (χ2v) is 6.50. The normalized spacial score (nSPS) is 14.3. The predicted octanol–water partition coefficient (Wildman–Crippen LogP) is 4.84. The van der Waals surface area contributed by atoms with Gasteiger partial charge in [0.05, 0.1) is 6.54 Å². The highest BCUT2D eigenvalue weighted by Crippen LogP contribution is 2.30. The standard InChI is InChI=1S/C18H17Cl2NO/c19-15-7-6-14(17(20)10-15)11-21(16-8-9-16)12-18(22)13-4-2-1-3-5-13/h1-7,10,16H,8-9,11-12H2. The first-order valence-corrected chi connectivity index (χ1v) is 8.15. The maximum Gasteiger partial charge on any atom is 0.176 e. The second kappa shape index (κ2) is 6.82. The fourth-order valence-electron chi connectivity index (χ4n) is 2.52. The third kappa shape index (κ3) is 3.89. The average Bonchev–Trinajstić information content (AvgIpc) is 3.34. The van der Waals surface area contributed by atoms with Gasteiger partial charge in [-0.15, -0.1) is 0 Å². The van der Waals surface area contributed by atoms with E-state index in [0.29, 0.717) is 29.2 Å². The Balaban J connectivity index is 1.72. The smallest absolute Gasteiger partial charge is 0.176 e. The van der Waals surface area contributed by atoms with Crippen LogP contribution in [-0.4, -0.2) is 23.3 Å². The first-order valence-electron chi connectivity index (χ1n) is 7.40. The fraction of sp³-hybridized carbons (Fsp3) is 0.278. The minimum absolute atomic E-state index is 0.151. The molecule has 0 atom stereocenters. The molecule has 0 saturated heterocycles. The van der Waals surface area contributed by atoms with Gasteiger partial charge in [-0.1, -0.05) is 59.6 Å². The zero-order chi connectivity index (χ0) is 15.5. The Hall–Kier alpha value is -1.35. The Kier molecular flexibility index (Phi) is 4.82. The monoisotopic (exact) mass is 333 g/mol. The quantitative estimate of drug-likeness (QED) is 0.705. The third-order valence-electron chi connectivity index (χ3n) is 3.89. The SMILES string of the molecule is O=C(CN(Cc1ccc(Cl)cc1Cl)C1CC1)c1ccccc1. The second-order valence-electron chi connectivity index (χ2n) is 5.66. The number of halogens is 2. The van der Waals surface area contributed by atoms with Crippen LogP contribution in [0.3, 0.4) is 0 Å². The summed E-state index contributed by atoms with van der Waals surface area (Å²) in [4.78, 5) is 14.6. The maximum atomic E-state index is 12.4. The summed E-state index contributed by atoms with van der Waals surface area (Å²) in [6.07, 6.45) is 2.29. The van der Waals surface area contributed by atoms with Crippen LogP contribution in [0.2, 0.25) is 10.0 Å². The molecule has 0 spiro atoms. The molecule has 2 aromatic rings. The minimum Gasteiger partial charge on any atom is -0.293 e. The Morgan fingerprint density at radius 1 is 1.09 bits per heavy atom. The molecule has 2 aromatic carbocycles. The summed E-state index contributed by atoms with van der Waals surface area (Å²) < 4.78 is 0. The van der Waals surface area contributed by atoms with Crippen LogP contribution in [0.5, 0.6) is 0 Å². The Labute approximate surface area is 140 Å². The van der Waals surface area contributed by atoms with Crippen molar-refractivity contribution in [2.45, 2.75) is 25.4 Å². The molecule has 4 heteroatoms. The van der Waals surface area contributed by atoms with E-state index in [0.717, 1.165) is 24.0 Å². The van der Waals surface area contributed by atoms with Gasteiger partial charge in [-0.2, -0.15) is 0 Å². The van der Waals surface area contributed by atoms with Gasteiger partial charge in [0.15, 0.2) is 5.78 Å². The van der Waals surface area contributed by atoms with Crippen LogP contribution < -0.4 is 0 Å². The third-order valence-corrected chi connectivity index (χ3v) is 4.48. The van der Waals surface area contributed by atoms with Crippen molar-refractivity contribution in [2.75, 3.05) is 6.54 Å². The lowest BCUT2D eigenvalue weighted by molar-refractivity contribution is 0.0919. The van der Waals surface area contributed by atoms with E-state index in [9.17, 15) is 4.79 Å². The van der Waals surface area contributed by atoms with E-state index < -0.39 is 0 Å². The Morgan fingerprint density at radius 2 is 1.82 bits per heavy atom. The lowest BCUT2D eigenvalue weighted by Gasteiger charge is -2.22. The topological polar surface area (TPSA) is 20.3 Å². The van der Waals surface area contributed by atoms with Crippen LogP contribution in [-0.2, 0) is 6.54 Å². The highest BCUT2D eigenvalue weighted by atomic mass is 35.5. The van der Waals surface area contributed by atoms with E-state index in [2.05, 4.69) is 4.90 Å². The Morgan fingerprint density at radius 3 is 2.45 bits per heavy atom. The van der Waals surface area contributed by atoms with Crippen LogP contribution in [0.4, 0.5) is 0 Å². The van der Waals surface area contributed by atoms with Crippen molar-refractivity contribution >= 4 is 29.0 Å². The molecule has 1 saturated carbocycles. The van der Waals surface area contributed by atoms with Crippen LogP contribution in [0.25, 0.3) is 0 Å². The van der Waals surface area contributed by atoms with E-state index in [1.807, 2.05) is 42.5 Å². The van der Waals surface area contributed by atoms with Crippen molar-refractivity contribution < 1.29 is 4.79 Å². The summed E-state index contributed by atoms with van der Waals surface area (Å²) in [7, 11) is 0. The number of hydrogen-bond acceptors (Lipinski definition) is 2. The number of hydrogen-bond donors (Lipinski definition) is 0. The number of benzene rings is 2. The molecule has 1 aliphatic carbocycles. The predicted molar refractivity (Wildman–Crippen MR) is 90.7 cm³/mol. The van der Waals surface area contributed by atoms with Crippen LogP contribution in [0, 0.1) is 0 Å². The molecule has 2 nitrogen and oxygen atoms in total. The van der Waals surface area contributed by atoms with E-state index >= 15 is 0 Å². The average molecular weight is 334 g/mol. The van der Waals surface area contributed by atoms with Gasteiger partial charge in [0, 0.05) is 28.2 Å². The summed E-state index contributed by atoms with van der Waals surface area (Å²) in [6, 6.07) is 15.5. The lowest BCUT2D eigenvalue weighted by atomic mass is 10.1. The fourth-order valence-corrected chi connectivity index (χ4v) is 2.99. The molecular formula is C18H17Cl2NO. The highest BCUT2D eigenvalue weighted by Gasteiger charge is 2.30. The molecule has 0 heterocycles. The van der Waals surface area contributed by atoms with Crippen LogP contribution >= 0.6 is 23.2 Å². The Bertz CT molecular complexity index is 668. The van der Waals surface area contributed by atoms with Gasteiger partial charge in [0.2, 0.25) is 0 Å². The molecule has 0 amide bonds. The maximum absolute atomic E-state index is 12.4. The molecule has 114 valence electrons. The highest BCUT2D eigenvalue weighted by molar-refractivity contribution is 6.35. The van der Waals surface area contributed by atoms with Crippen molar-refractivity contribution in [3.8, 4) is 0 Å². The molecule has 0 N–H and O–H groups in total. The number of rotatable bonds is 6. The van der Waals surface area contributed by atoms with Crippen LogP contribution in [0.15, 0.2) is 48.5 Å². The van der Waals surface area contributed by atoms with Crippen molar-refractivity contribution in [2.24, 2.45) is 0 Å². The molecule has 3 rings (SSSR count). The molecule has 0 unspecified atom stereocenters. The summed E-state index contributed by atoms with van der Waals surface area (Å²) in [5, 5.41) is 1.29. The van der Waals surface area contributed by atoms with E-state index in [1.54, 1.807) is 6.07 Å². The van der Waals surface area contributed by atoms with Crippen molar-refractivity contribution in [1.29, 1.82) is 0 Å². The summed E-state index contributed by atoms with van der Waals surface area (Å²) in [5.41, 5.74) is 1.77. The van der Waals surface area contributed by atoms with Crippen molar-refractivity contribution in [3.05, 3.63) is 69.7 Å². The number of ketones is 1. The van der Waals surface area contributed by atoms with Gasteiger partial charge in [0.25, 0.3) is 0 Å². The molecule has 0 radical (unpaired) electrons. The van der Waals surface area contributed by atoms with Gasteiger partial charge in [-0.25, -0.2) is 0 Å². The molecule has 0 aliphatic heterocycles. The number of nitrogens with zero attached hydrogens (tertiary/aromatic N) is 1. The van der Waals surface area contributed by atoms with Crippen LogP contribution in [0.1, 0.15) is 28.8 Å². The first kappa shape index (κ1) is 15.5. The molecular weight excluding hydrogens is 317 g/mol. The largest absolute Gasteiger partial charge is 0.293 e. The van der Waals surface area contributed by atoms with E-state index in [1.165, 1.54) is 0 Å². The van der Waals surface area contributed by atoms with Crippen molar-refractivity contribution in [3.63, 3.8) is 0 Å². The zero-order valence-electron chi connectivity index (χ0n) is 12.1. The van der Waals surface area contributed by atoms with Crippen molar-refractivity contribution in [1.82, 2.24) is 4.90 Å². The summed E-state index contributed by atoms with van der Waals surface area (Å²) in [5.74, 6) is 0.151. The van der Waals surface area contributed by atoms with Gasteiger partial charge in [-0.05, 0) is 30.5 Å². The molecule has 1 fully saturated rings. The minimum atomic E-state index is 0.151. The van der Waals surface area contributed by atoms with Gasteiger partial charge < -0.3 is 0 Å². The summed E-state index contributed by atoms with van der Waals surface area (Å²) in [6.45, 7) is 1.10. The van der Waals surface area contributed by atoms with Gasteiger partial charge in [0.1, 0.15) is 0 Å². The number of carbonyl (C=O) groups excluding carboxylic acids is 1. The lowest BCUT2D eigenvalue weighted by Crippen LogP contribution is -2.31. The first-order chi connectivity index (χ1) is 10.6. The van der Waals surface area contributed by atoms with E-state index in [-0.39, 0.29) is 5.78 Å². The molecule has 0 aromatic heterocycles. The molecule has 22 heavy (non-hydrogen) atoms. The van der Waals surface area contributed by atoms with E-state index in [4.69, 9.17) is 23.2 Å².